The number of thioether (sulfide) groups is 1. The van der Waals surface area contributed by atoms with Crippen molar-refractivity contribution in [3.8, 4) is 11.5 Å². The summed E-state index contributed by atoms with van der Waals surface area (Å²) in [5.41, 5.74) is -3.61. The van der Waals surface area contributed by atoms with Gasteiger partial charge in [-0.25, -0.2) is 0 Å². The van der Waals surface area contributed by atoms with Gasteiger partial charge in [0.2, 0.25) is 5.91 Å². The van der Waals surface area contributed by atoms with Gasteiger partial charge >= 0.3 is 5.51 Å². The standard InChI is InChI=1S/C18H16F3NO3S/c1-11(12-6-7-14-15(10-12)25-9-8-24-14)17(23)22-13-4-2-3-5-16(13)26-18(19,20)21/h2-7,10-11H,8-9H2,1H3,(H,22,23). The van der Waals surface area contributed by atoms with Crippen LogP contribution in [0.2, 0.25) is 0 Å². The molecule has 1 atom stereocenters. The molecule has 2 aromatic rings. The first kappa shape index (κ1) is 18.4. The monoisotopic (exact) mass is 383 g/mol. The first-order chi connectivity index (χ1) is 12.3. The molecular weight excluding hydrogens is 367 g/mol. The smallest absolute Gasteiger partial charge is 0.446 e. The number of amides is 1. The molecule has 1 unspecified atom stereocenters. The highest BCUT2D eigenvalue weighted by Crippen LogP contribution is 2.40. The minimum absolute atomic E-state index is 0.0530. The fourth-order valence-corrected chi connectivity index (χ4v) is 3.13. The second kappa shape index (κ2) is 7.49. The van der Waals surface area contributed by atoms with E-state index in [1.165, 1.54) is 18.2 Å². The van der Waals surface area contributed by atoms with Crippen LogP contribution in [0.15, 0.2) is 47.4 Å². The van der Waals surface area contributed by atoms with Crippen LogP contribution in [0.1, 0.15) is 18.4 Å². The van der Waals surface area contributed by atoms with E-state index in [-0.39, 0.29) is 22.3 Å². The number of carbonyl (C=O) groups is 1. The van der Waals surface area contributed by atoms with Crippen LogP contribution in [0, 0.1) is 0 Å². The number of halogens is 3. The Morgan fingerprint density at radius 1 is 1.12 bits per heavy atom. The van der Waals surface area contributed by atoms with Gasteiger partial charge in [-0.2, -0.15) is 13.2 Å². The maximum absolute atomic E-state index is 12.7. The maximum atomic E-state index is 12.7. The highest BCUT2D eigenvalue weighted by molar-refractivity contribution is 8.00. The SMILES string of the molecule is CC(C(=O)Nc1ccccc1SC(F)(F)F)c1ccc2c(c1)OCCO2. The van der Waals surface area contributed by atoms with E-state index in [9.17, 15) is 18.0 Å². The van der Waals surface area contributed by atoms with E-state index in [1.807, 2.05) is 0 Å². The molecule has 1 aliphatic rings. The predicted octanol–water partition coefficient (Wildman–Crippen LogP) is 4.81. The Balaban J connectivity index is 1.76. The molecule has 1 aliphatic heterocycles. The molecule has 0 saturated carbocycles. The van der Waals surface area contributed by atoms with Gasteiger partial charge in [-0.05, 0) is 48.5 Å². The maximum Gasteiger partial charge on any atom is 0.446 e. The van der Waals surface area contributed by atoms with Gasteiger partial charge in [0, 0.05) is 4.90 Å². The van der Waals surface area contributed by atoms with Crippen molar-refractivity contribution in [3.63, 3.8) is 0 Å². The summed E-state index contributed by atoms with van der Waals surface area (Å²) in [5.74, 6) is 0.188. The number of rotatable bonds is 4. The van der Waals surface area contributed by atoms with Gasteiger partial charge < -0.3 is 14.8 Å². The lowest BCUT2D eigenvalue weighted by atomic mass is 9.99. The van der Waals surface area contributed by atoms with Crippen LogP contribution in [0.25, 0.3) is 0 Å². The van der Waals surface area contributed by atoms with Crippen molar-refractivity contribution in [2.45, 2.75) is 23.2 Å². The first-order valence-corrected chi connectivity index (χ1v) is 8.70. The second-order valence-electron chi connectivity index (χ2n) is 5.66. The highest BCUT2D eigenvalue weighted by Gasteiger charge is 2.31. The lowest BCUT2D eigenvalue weighted by molar-refractivity contribution is -0.117. The molecule has 4 nitrogen and oxygen atoms in total. The summed E-state index contributed by atoms with van der Waals surface area (Å²) in [7, 11) is 0. The zero-order chi connectivity index (χ0) is 18.7. The lowest BCUT2D eigenvalue weighted by Gasteiger charge is -2.20. The van der Waals surface area contributed by atoms with Crippen LogP contribution < -0.4 is 14.8 Å². The molecule has 0 saturated heterocycles. The number of benzene rings is 2. The molecule has 3 rings (SSSR count). The van der Waals surface area contributed by atoms with Gasteiger partial charge in [0.05, 0.1) is 11.6 Å². The third-order valence-electron chi connectivity index (χ3n) is 3.83. The van der Waals surface area contributed by atoms with E-state index < -0.39 is 17.3 Å². The third-order valence-corrected chi connectivity index (χ3v) is 4.64. The van der Waals surface area contributed by atoms with Gasteiger partial charge in [0.15, 0.2) is 11.5 Å². The number of hydrogen-bond acceptors (Lipinski definition) is 4. The van der Waals surface area contributed by atoms with E-state index >= 15 is 0 Å². The number of carbonyl (C=O) groups excluding carboxylic acids is 1. The van der Waals surface area contributed by atoms with Gasteiger partial charge in [-0.1, -0.05) is 18.2 Å². The number of anilines is 1. The van der Waals surface area contributed by atoms with Gasteiger partial charge in [-0.3, -0.25) is 4.79 Å². The van der Waals surface area contributed by atoms with Gasteiger partial charge in [0.1, 0.15) is 13.2 Å². The molecule has 0 bridgehead atoms. The second-order valence-corrected chi connectivity index (χ2v) is 6.76. The molecule has 0 spiro atoms. The Bertz CT molecular complexity index is 811. The molecular formula is C18H16F3NO3S. The Labute approximate surface area is 152 Å². The van der Waals surface area contributed by atoms with Crippen molar-refractivity contribution in [1.82, 2.24) is 0 Å². The Hall–Kier alpha value is -2.35. The molecule has 1 heterocycles. The summed E-state index contributed by atoms with van der Waals surface area (Å²) >= 11 is -0.256. The zero-order valence-electron chi connectivity index (χ0n) is 13.8. The van der Waals surface area contributed by atoms with Crippen LogP contribution >= 0.6 is 11.8 Å². The Morgan fingerprint density at radius 3 is 2.54 bits per heavy atom. The number of ether oxygens (including phenoxy) is 2. The Kier molecular flexibility index (Phi) is 5.31. The number of nitrogens with one attached hydrogen (secondary N) is 1. The van der Waals surface area contributed by atoms with Crippen LogP contribution in [0.3, 0.4) is 0 Å². The summed E-state index contributed by atoms with van der Waals surface area (Å²) in [6.45, 7) is 2.58. The molecule has 26 heavy (non-hydrogen) atoms. The molecule has 0 aromatic heterocycles. The van der Waals surface area contributed by atoms with Gasteiger partial charge in [0.25, 0.3) is 0 Å². The van der Waals surface area contributed by atoms with Crippen molar-refractivity contribution in [3.05, 3.63) is 48.0 Å². The summed E-state index contributed by atoms with van der Waals surface area (Å²) < 4.78 is 48.9. The van der Waals surface area contributed by atoms with Crippen LogP contribution in [-0.2, 0) is 4.79 Å². The summed E-state index contributed by atoms with van der Waals surface area (Å²) in [4.78, 5) is 12.5. The van der Waals surface area contributed by atoms with Gasteiger partial charge in [-0.15, -0.1) is 0 Å². The van der Waals surface area contributed by atoms with E-state index in [1.54, 1.807) is 31.2 Å². The fourth-order valence-electron chi connectivity index (χ4n) is 2.51. The van der Waals surface area contributed by atoms with Crippen molar-refractivity contribution < 1.29 is 27.4 Å². The average molecular weight is 383 g/mol. The van der Waals surface area contributed by atoms with Crippen molar-refractivity contribution in [1.29, 1.82) is 0 Å². The summed E-state index contributed by atoms with van der Waals surface area (Å²) in [6.07, 6.45) is 0. The quantitative estimate of drug-likeness (QED) is 0.770. The molecule has 1 amide bonds. The van der Waals surface area contributed by atoms with E-state index in [4.69, 9.17) is 9.47 Å². The van der Waals surface area contributed by atoms with E-state index in [0.29, 0.717) is 30.3 Å². The number of alkyl halides is 3. The third kappa shape index (κ3) is 4.43. The topological polar surface area (TPSA) is 47.6 Å². The summed E-state index contributed by atoms with van der Waals surface area (Å²) in [5, 5.41) is 2.58. The first-order valence-electron chi connectivity index (χ1n) is 7.89. The number of fused-ring (bicyclic) bond motifs is 1. The normalized spacial score (nSPS) is 14.6. The largest absolute Gasteiger partial charge is 0.486 e. The molecule has 2 aromatic carbocycles. The predicted molar refractivity (Wildman–Crippen MR) is 92.8 cm³/mol. The van der Waals surface area contributed by atoms with Crippen LogP contribution in [0.4, 0.5) is 18.9 Å². The zero-order valence-corrected chi connectivity index (χ0v) is 14.6. The molecule has 8 heteroatoms. The molecule has 0 fully saturated rings. The van der Waals surface area contributed by atoms with Crippen molar-refractivity contribution in [2.24, 2.45) is 0 Å². The minimum atomic E-state index is -4.43. The molecule has 0 aliphatic carbocycles. The molecule has 0 radical (unpaired) electrons. The Morgan fingerprint density at radius 2 is 1.81 bits per heavy atom. The number of hydrogen-bond donors (Lipinski definition) is 1. The average Bonchev–Trinajstić information content (AvgIpc) is 2.61. The van der Waals surface area contributed by atoms with E-state index in [2.05, 4.69) is 5.32 Å². The molecule has 1 N–H and O–H groups in total. The summed E-state index contributed by atoms with van der Waals surface area (Å²) in [6, 6.07) is 11.0. The lowest BCUT2D eigenvalue weighted by Crippen LogP contribution is -2.20. The van der Waals surface area contributed by atoms with Crippen LogP contribution in [0.5, 0.6) is 11.5 Å². The highest BCUT2D eigenvalue weighted by atomic mass is 32.2. The van der Waals surface area contributed by atoms with Crippen LogP contribution in [-0.4, -0.2) is 24.6 Å². The van der Waals surface area contributed by atoms with E-state index in [0.717, 1.165) is 0 Å². The number of para-hydroxylation sites is 1. The van der Waals surface area contributed by atoms with Crippen molar-refractivity contribution >= 4 is 23.4 Å². The molecule has 138 valence electrons. The minimum Gasteiger partial charge on any atom is -0.486 e. The fraction of sp³-hybridized carbons (Fsp3) is 0.278. The van der Waals surface area contributed by atoms with Crippen molar-refractivity contribution in [2.75, 3.05) is 18.5 Å².